The minimum Gasteiger partial charge on any atom is -0.463 e. The second kappa shape index (κ2) is 6.04. The average Bonchev–Trinajstić information content (AvgIpc) is 3.18. The zero-order chi connectivity index (χ0) is 14.5. The number of amides is 1. The van der Waals surface area contributed by atoms with Crippen LogP contribution in [0.15, 0.2) is 59.6 Å². The van der Waals surface area contributed by atoms with Crippen molar-refractivity contribution in [2.24, 2.45) is 0 Å². The second-order valence-corrected chi connectivity index (χ2v) is 4.47. The molecule has 0 aromatic carbocycles. The van der Waals surface area contributed by atoms with Gasteiger partial charge in [0.15, 0.2) is 5.76 Å². The molecule has 6 nitrogen and oxygen atoms in total. The number of carbonyl (C=O) groups is 1. The summed E-state index contributed by atoms with van der Waals surface area (Å²) in [5.41, 5.74) is 1.64. The number of hydrogen-bond donors (Lipinski definition) is 1. The third kappa shape index (κ3) is 3.17. The number of aromatic nitrogens is 3. The molecule has 0 aliphatic heterocycles. The normalized spacial score (nSPS) is 10.5. The number of carbonyl (C=O) groups excluding carboxylic acids is 1. The van der Waals surface area contributed by atoms with Gasteiger partial charge in [-0.1, -0.05) is 6.07 Å². The van der Waals surface area contributed by atoms with Crippen LogP contribution < -0.4 is 5.32 Å². The van der Waals surface area contributed by atoms with Crippen molar-refractivity contribution in [3.8, 4) is 11.5 Å². The van der Waals surface area contributed by atoms with Crippen molar-refractivity contribution < 1.29 is 9.21 Å². The van der Waals surface area contributed by atoms with Crippen molar-refractivity contribution in [1.29, 1.82) is 0 Å². The summed E-state index contributed by atoms with van der Waals surface area (Å²) in [5, 5.41) is 6.86. The first kappa shape index (κ1) is 13.1. The molecule has 0 spiro atoms. The van der Waals surface area contributed by atoms with Crippen LogP contribution in [0.25, 0.3) is 11.5 Å². The molecule has 0 saturated heterocycles. The van der Waals surface area contributed by atoms with Crippen molar-refractivity contribution >= 4 is 5.91 Å². The van der Waals surface area contributed by atoms with Crippen LogP contribution in [-0.4, -0.2) is 20.7 Å². The molecule has 106 valence electrons. The van der Waals surface area contributed by atoms with E-state index >= 15 is 0 Å². The summed E-state index contributed by atoms with van der Waals surface area (Å²) in [6, 6.07) is 9.19. The van der Waals surface area contributed by atoms with E-state index in [1.165, 1.54) is 0 Å². The summed E-state index contributed by atoms with van der Waals surface area (Å²) in [6.45, 7) is 0.591. The quantitative estimate of drug-likeness (QED) is 0.775. The van der Waals surface area contributed by atoms with Crippen LogP contribution >= 0.6 is 0 Å². The lowest BCUT2D eigenvalue weighted by Crippen LogP contribution is -2.27. The van der Waals surface area contributed by atoms with Crippen LogP contribution in [0.3, 0.4) is 0 Å². The van der Waals surface area contributed by atoms with Crippen LogP contribution in [-0.2, 0) is 17.9 Å². The van der Waals surface area contributed by atoms with E-state index in [1.54, 1.807) is 35.6 Å². The Morgan fingerprint density at radius 3 is 2.95 bits per heavy atom. The molecule has 0 radical (unpaired) electrons. The van der Waals surface area contributed by atoms with Gasteiger partial charge in [0.1, 0.15) is 12.2 Å². The van der Waals surface area contributed by atoms with Gasteiger partial charge in [0, 0.05) is 30.7 Å². The molecule has 3 heterocycles. The maximum atomic E-state index is 11.9. The Balaban J connectivity index is 1.67. The fraction of sp³-hybridized carbons (Fsp3) is 0.133. The molecule has 6 heteroatoms. The van der Waals surface area contributed by atoms with E-state index in [-0.39, 0.29) is 12.5 Å². The van der Waals surface area contributed by atoms with E-state index in [1.807, 2.05) is 24.3 Å². The number of rotatable bonds is 5. The molecule has 0 bridgehead atoms. The molecule has 0 atom stereocenters. The smallest absolute Gasteiger partial charge is 0.241 e. The predicted octanol–water partition coefficient (Wildman–Crippen LogP) is 1.85. The summed E-state index contributed by atoms with van der Waals surface area (Å²) in [4.78, 5) is 16.2. The fourth-order valence-electron chi connectivity index (χ4n) is 2.01. The van der Waals surface area contributed by atoms with E-state index in [4.69, 9.17) is 4.42 Å². The molecule has 1 amide bonds. The first-order valence-electron chi connectivity index (χ1n) is 6.55. The van der Waals surface area contributed by atoms with Gasteiger partial charge in [0.05, 0.1) is 6.26 Å². The zero-order valence-corrected chi connectivity index (χ0v) is 11.3. The Kier molecular flexibility index (Phi) is 3.77. The fourth-order valence-corrected chi connectivity index (χ4v) is 2.01. The van der Waals surface area contributed by atoms with Crippen LogP contribution in [0.1, 0.15) is 5.56 Å². The van der Waals surface area contributed by atoms with Crippen LogP contribution in [0.4, 0.5) is 0 Å². The lowest BCUT2D eigenvalue weighted by molar-refractivity contribution is -0.122. The van der Waals surface area contributed by atoms with Gasteiger partial charge in [-0.05, 0) is 24.3 Å². The molecule has 0 unspecified atom stereocenters. The molecule has 3 aromatic heterocycles. The molecular weight excluding hydrogens is 268 g/mol. The van der Waals surface area contributed by atoms with E-state index in [0.29, 0.717) is 12.3 Å². The van der Waals surface area contributed by atoms with Crippen molar-refractivity contribution in [3.05, 3.63) is 60.7 Å². The standard InChI is InChI=1S/C15H14N4O2/c20-14(11-19-8-3-7-18-19)17-10-12-4-1-6-16-15(12)13-5-2-9-21-13/h1-9H,10-11H2,(H,17,20). The Morgan fingerprint density at radius 2 is 2.19 bits per heavy atom. The van der Waals surface area contributed by atoms with Crippen molar-refractivity contribution in [2.75, 3.05) is 0 Å². The van der Waals surface area contributed by atoms with E-state index in [9.17, 15) is 4.79 Å². The highest BCUT2D eigenvalue weighted by Gasteiger charge is 2.10. The van der Waals surface area contributed by atoms with Gasteiger partial charge in [0.25, 0.3) is 0 Å². The topological polar surface area (TPSA) is 73.0 Å². The van der Waals surface area contributed by atoms with Gasteiger partial charge in [-0.15, -0.1) is 0 Å². The van der Waals surface area contributed by atoms with Gasteiger partial charge < -0.3 is 9.73 Å². The minimum atomic E-state index is -0.104. The first-order chi connectivity index (χ1) is 10.3. The summed E-state index contributed by atoms with van der Waals surface area (Å²) >= 11 is 0. The summed E-state index contributed by atoms with van der Waals surface area (Å²) < 4.78 is 6.94. The third-order valence-electron chi connectivity index (χ3n) is 2.99. The predicted molar refractivity (Wildman–Crippen MR) is 76.0 cm³/mol. The van der Waals surface area contributed by atoms with Crippen molar-refractivity contribution in [1.82, 2.24) is 20.1 Å². The zero-order valence-electron chi connectivity index (χ0n) is 11.3. The second-order valence-electron chi connectivity index (χ2n) is 4.47. The summed E-state index contributed by atoms with van der Waals surface area (Å²) in [5.74, 6) is 0.583. The van der Waals surface area contributed by atoms with Gasteiger partial charge >= 0.3 is 0 Å². The third-order valence-corrected chi connectivity index (χ3v) is 2.99. The molecular formula is C15H14N4O2. The maximum absolute atomic E-state index is 11.9. The number of furan rings is 1. The SMILES string of the molecule is O=C(Cn1cccn1)NCc1cccnc1-c1ccco1. The Bertz CT molecular complexity index is 705. The monoisotopic (exact) mass is 282 g/mol. The van der Waals surface area contributed by atoms with Gasteiger partial charge in [-0.25, -0.2) is 0 Å². The molecule has 1 N–H and O–H groups in total. The highest BCUT2D eigenvalue weighted by Crippen LogP contribution is 2.21. The molecule has 0 saturated carbocycles. The van der Waals surface area contributed by atoms with Crippen LogP contribution in [0, 0.1) is 0 Å². The van der Waals surface area contributed by atoms with Crippen molar-refractivity contribution in [2.45, 2.75) is 13.1 Å². The molecule has 3 aromatic rings. The average molecular weight is 282 g/mol. The van der Waals surface area contributed by atoms with Gasteiger partial charge in [0.2, 0.25) is 5.91 Å². The van der Waals surface area contributed by atoms with Crippen LogP contribution in [0.5, 0.6) is 0 Å². The molecule has 3 rings (SSSR count). The van der Waals surface area contributed by atoms with Gasteiger partial charge in [-0.2, -0.15) is 5.10 Å². The molecule has 0 aliphatic carbocycles. The first-order valence-corrected chi connectivity index (χ1v) is 6.55. The van der Waals surface area contributed by atoms with E-state index < -0.39 is 0 Å². The Labute approximate surface area is 121 Å². The van der Waals surface area contributed by atoms with Gasteiger partial charge in [-0.3, -0.25) is 14.5 Å². The largest absolute Gasteiger partial charge is 0.463 e. The highest BCUT2D eigenvalue weighted by molar-refractivity contribution is 5.75. The molecule has 0 aliphatic rings. The lowest BCUT2D eigenvalue weighted by atomic mass is 10.1. The van der Waals surface area contributed by atoms with Crippen molar-refractivity contribution in [3.63, 3.8) is 0 Å². The van der Waals surface area contributed by atoms with Crippen LogP contribution in [0.2, 0.25) is 0 Å². The lowest BCUT2D eigenvalue weighted by Gasteiger charge is -2.08. The Hall–Kier alpha value is -2.89. The molecule has 0 fully saturated rings. The van der Waals surface area contributed by atoms with E-state index in [0.717, 1.165) is 11.3 Å². The highest BCUT2D eigenvalue weighted by atomic mass is 16.3. The molecule has 21 heavy (non-hydrogen) atoms. The maximum Gasteiger partial charge on any atom is 0.241 e. The Morgan fingerprint density at radius 1 is 1.24 bits per heavy atom. The number of hydrogen-bond acceptors (Lipinski definition) is 4. The number of pyridine rings is 1. The summed E-state index contributed by atoms with van der Waals surface area (Å²) in [6.07, 6.45) is 6.69. The number of nitrogens with one attached hydrogen (secondary N) is 1. The number of nitrogens with zero attached hydrogens (tertiary/aromatic N) is 3. The summed E-state index contributed by atoms with van der Waals surface area (Å²) in [7, 11) is 0. The minimum absolute atomic E-state index is 0.104. The van der Waals surface area contributed by atoms with E-state index in [2.05, 4.69) is 15.4 Å².